The van der Waals surface area contributed by atoms with E-state index in [1.54, 1.807) is 24.3 Å². The Labute approximate surface area is 188 Å². The summed E-state index contributed by atoms with van der Waals surface area (Å²) in [5, 5.41) is 2.88. The molecular formula is C23H28N2O6S. The maximum atomic E-state index is 13.0. The summed E-state index contributed by atoms with van der Waals surface area (Å²) in [5.74, 6) is -1.09. The Kier molecular flexibility index (Phi) is 7.40. The highest BCUT2D eigenvalue weighted by molar-refractivity contribution is 7.92. The number of carbonyl (C=O) groups is 2. The molecule has 1 amide bonds. The van der Waals surface area contributed by atoms with E-state index in [1.807, 2.05) is 6.92 Å². The molecule has 2 N–H and O–H groups in total. The Hall–Kier alpha value is -3.07. The second-order valence-corrected chi connectivity index (χ2v) is 9.53. The van der Waals surface area contributed by atoms with Crippen LogP contribution in [0, 0.1) is 6.92 Å². The van der Waals surface area contributed by atoms with Crippen LogP contribution in [0.3, 0.4) is 0 Å². The minimum Gasteiger partial charge on any atom is -0.495 e. The van der Waals surface area contributed by atoms with Crippen LogP contribution in [0.2, 0.25) is 0 Å². The number of esters is 1. The third kappa shape index (κ3) is 5.79. The highest BCUT2D eigenvalue weighted by Crippen LogP contribution is 2.27. The normalized spacial score (nSPS) is 15.1. The Morgan fingerprint density at radius 1 is 1.06 bits per heavy atom. The van der Waals surface area contributed by atoms with E-state index in [1.165, 1.54) is 32.2 Å². The first-order valence-corrected chi connectivity index (χ1v) is 12.0. The smallest absolute Gasteiger partial charge is 0.338 e. The SMILES string of the molecule is COc1ccc(C(=O)OC(C)C(=O)NC2CCCC2)cc1S(=O)(=O)Nc1ccc(C)cc1. The number of carbonyl (C=O) groups excluding carboxylic acids is 2. The molecule has 2 aromatic rings. The van der Waals surface area contributed by atoms with E-state index in [9.17, 15) is 18.0 Å². The summed E-state index contributed by atoms with van der Waals surface area (Å²) < 4.78 is 38.8. The van der Waals surface area contributed by atoms with Crippen LogP contribution in [0.5, 0.6) is 5.75 Å². The first-order valence-electron chi connectivity index (χ1n) is 10.5. The quantitative estimate of drug-likeness (QED) is 0.584. The van der Waals surface area contributed by atoms with Crippen LogP contribution in [0.15, 0.2) is 47.4 Å². The van der Waals surface area contributed by atoms with Gasteiger partial charge in [-0.05, 0) is 57.0 Å². The average Bonchev–Trinajstić information content (AvgIpc) is 3.27. The summed E-state index contributed by atoms with van der Waals surface area (Å²) in [7, 11) is -2.71. The van der Waals surface area contributed by atoms with E-state index in [-0.39, 0.29) is 28.2 Å². The number of ether oxygens (including phenoxy) is 2. The van der Waals surface area contributed by atoms with Gasteiger partial charge < -0.3 is 14.8 Å². The second-order valence-electron chi connectivity index (χ2n) is 7.87. The van der Waals surface area contributed by atoms with E-state index >= 15 is 0 Å². The third-order valence-corrected chi connectivity index (χ3v) is 6.75. The number of hydrogen-bond donors (Lipinski definition) is 2. The van der Waals surface area contributed by atoms with Crippen molar-refractivity contribution in [1.29, 1.82) is 0 Å². The van der Waals surface area contributed by atoms with E-state index in [2.05, 4.69) is 10.0 Å². The highest BCUT2D eigenvalue weighted by Gasteiger charge is 2.26. The number of sulfonamides is 1. The molecule has 0 bridgehead atoms. The van der Waals surface area contributed by atoms with Crippen LogP contribution in [0.1, 0.15) is 48.5 Å². The maximum absolute atomic E-state index is 13.0. The zero-order chi connectivity index (χ0) is 23.3. The third-order valence-electron chi connectivity index (χ3n) is 5.35. The van der Waals surface area contributed by atoms with Crippen molar-refractivity contribution in [3.05, 3.63) is 53.6 Å². The summed E-state index contributed by atoms with van der Waals surface area (Å²) in [6.45, 7) is 3.38. The summed E-state index contributed by atoms with van der Waals surface area (Å²) >= 11 is 0. The number of methoxy groups -OCH3 is 1. The van der Waals surface area contributed by atoms with Crippen LogP contribution in [-0.2, 0) is 19.6 Å². The zero-order valence-corrected chi connectivity index (χ0v) is 19.2. The minimum absolute atomic E-state index is 0.00408. The van der Waals surface area contributed by atoms with Crippen molar-refractivity contribution in [2.24, 2.45) is 0 Å². The van der Waals surface area contributed by atoms with Gasteiger partial charge in [0.25, 0.3) is 15.9 Å². The number of rotatable bonds is 8. The number of amides is 1. The average molecular weight is 461 g/mol. The Bertz CT molecular complexity index is 1080. The molecule has 0 spiro atoms. The van der Waals surface area contributed by atoms with Gasteiger partial charge in [0.15, 0.2) is 6.10 Å². The molecule has 1 saturated carbocycles. The molecule has 32 heavy (non-hydrogen) atoms. The summed E-state index contributed by atoms with van der Waals surface area (Å²) in [6, 6.07) is 10.9. The van der Waals surface area contributed by atoms with E-state index < -0.39 is 22.1 Å². The highest BCUT2D eigenvalue weighted by atomic mass is 32.2. The molecule has 1 atom stereocenters. The topological polar surface area (TPSA) is 111 Å². The van der Waals surface area contributed by atoms with Gasteiger partial charge in [-0.1, -0.05) is 30.5 Å². The van der Waals surface area contributed by atoms with Crippen LogP contribution >= 0.6 is 0 Å². The van der Waals surface area contributed by atoms with Gasteiger partial charge in [0, 0.05) is 11.7 Å². The molecule has 2 aromatic carbocycles. The van der Waals surface area contributed by atoms with E-state index in [0.717, 1.165) is 31.2 Å². The Balaban J connectivity index is 1.76. The predicted molar refractivity (Wildman–Crippen MR) is 120 cm³/mol. The first kappa shape index (κ1) is 23.6. The first-order chi connectivity index (χ1) is 15.2. The Morgan fingerprint density at radius 3 is 2.34 bits per heavy atom. The second kappa shape index (κ2) is 10.0. The van der Waals surface area contributed by atoms with Crippen molar-refractivity contribution in [1.82, 2.24) is 5.32 Å². The van der Waals surface area contributed by atoms with E-state index in [4.69, 9.17) is 9.47 Å². The fourth-order valence-corrected chi connectivity index (χ4v) is 4.77. The summed E-state index contributed by atoms with van der Waals surface area (Å²) in [5.41, 5.74) is 1.36. The van der Waals surface area contributed by atoms with Crippen LogP contribution in [-0.4, -0.2) is 39.5 Å². The van der Waals surface area contributed by atoms with Crippen molar-refractivity contribution in [2.45, 2.75) is 56.6 Å². The van der Waals surface area contributed by atoms with Gasteiger partial charge in [-0.15, -0.1) is 0 Å². The lowest BCUT2D eigenvalue weighted by atomic mass is 10.2. The molecule has 0 saturated heterocycles. The van der Waals surface area contributed by atoms with Gasteiger partial charge in [-0.25, -0.2) is 13.2 Å². The standard InChI is InChI=1S/C23H28N2O6S/c1-15-8-11-19(12-9-15)25-32(28,29)21-14-17(10-13-20(21)30-3)23(27)31-16(2)22(26)24-18-6-4-5-7-18/h8-14,16,18,25H,4-7H2,1-3H3,(H,24,26). The molecule has 3 rings (SSSR count). The minimum atomic E-state index is -4.05. The van der Waals surface area contributed by atoms with Gasteiger partial charge in [0.1, 0.15) is 10.6 Å². The molecule has 1 aliphatic carbocycles. The lowest BCUT2D eigenvalue weighted by molar-refractivity contribution is -0.129. The number of anilines is 1. The van der Waals surface area contributed by atoms with Gasteiger partial charge in [-0.3, -0.25) is 9.52 Å². The molecule has 0 heterocycles. The molecule has 0 aromatic heterocycles. The molecule has 8 nitrogen and oxygen atoms in total. The lowest BCUT2D eigenvalue weighted by Gasteiger charge is -2.17. The van der Waals surface area contributed by atoms with Gasteiger partial charge in [0.05, 0.1) is 12.7 Å². The van der Waals surface area contributed by atoms with Crippen molar-refractivity contribution in [3.63, 3.8) is 0 Å². The van der Waals surface area contributed by atoms with Gasteiger partial charge in [-0.2, -0.15) is 0 Å². The van der Waals surface area contributed by atoms with Crippen molar-refractivity contribution >= 4 is 27.6 Å². The number of aryl methyl sites for hydroxylation is 1. The number of hydrogen-bond acceptors (Lipinski definition) is 6. The predicted octanol–water partition coefficient (Wildman–Crippen LogP) is 3.41. The zero-order valence-electron chi connectivity index (χ0n) is 18.4. The molecule has 1 unspecified atom stereocenters. The van der Waals surface area contributed by atoms with Gasteiger partial charge >= 0.3 is 5.97 Å². The number of benzene rings is 2. The molecule has 0 radical (unpaired) electrons. The van der Waals surface area contributed by atoms with Crippen molar-refractivity contribution in [2.75, 3.05) is 11.8 Å². The van der Waals surface area contributed by atoms with Crippen LogP contribution in [0.25, 0.3) is 0 Å². The van der Waals surface area contributed by atoms with Crippen molar-refractivity contribution < 1.29 is 27.5 Å². The maximum Gasteiger partial charge on any atom is 0.338 e. The lowest BCUT2D eigenvalue weighted by Crippen LogP contribution is -2.40. The van der Waals surface area contributed by atoms with Crippen LogP contribution in [0.4, 0.5) is 5.69 Å². The molecular weight excluding hydrogens is 432 g/mol. The fraction of sp³-hybridized carbons (Fsp3) is 0.391. The summed E-state index contributed by atoms with van der Waals surface area (Å²) in [4.78, 5) is 24.7. The molecule has 1 fully saturated rings. The molecule has 9 heteroatoms. The van der Waals surface area contributed by atoms with Crippen molar-refractivity contribution in [3.8, 4) is 5.75 Å². The number of nitrogens with one attached hydrogen (secondary N) is 2. The Morgan fingerprint density at radius 2 is 1.72 bits per heavy atom. The van der Waals surface area contributed by atoms with Crippen LogP contribution < -0.4 is 14.8 Å². The monoisotopic (exact) mass is 460 g/mol. The molecule has 172 valence electrons. The molecule has 0 aliphatic heterocycles. The molecule has 1 aliphatic rings. The van der Waals surface area contributed by atoms with E-state index in [0.29, 0.717) is 5.69 Å². The fourth-order valence-electron chi connectivity index (χ4n) is 3.52. The largest absolute Gasteiger partial charge is 0.495 e. The van der Waals surface area contributed by atoms with Gasteiger partial charge in [0.2, 0.25) is 0 Å². The summed E-state index contributed by atoms with van der Waals surface area (Å²) in [6.07, 6.45) is 2.97.